The molecule has 1 fully saturated rings. The summed E-state index contributed by atoms with van der Waals surface area (Å²) in [6.45, 7) is 5.60. The number of aromatic nitrogens is 3. The quantitative estimate of drug-likeness (QED) is 0.297. The van der Waals surface area contributed by atoms with Crippen LogP contribution in [0.25, 0.3) is 16.8 Å². The number of hydrogen-bond donors (Lipinski definition) is 0. The summed E-state index contributed by atoms with van der Waals surface area (Å²) in [5, 5.41) is 4.60. The number of fused-ring (bicyclic) bond motifs is 1. The van der Waals surface area contributed by atoms with Gasteiger partial charge in [0.2, 0.25) is 0 Å². The highest BCUT2D eigenvalue weighted by molar-refractivity contribution is 6.30. The first kappa shape index (κ1) is 25.3. The van der Waals surface area contributed by atoms with Crippen LogP contribution < -0.4 is 9.64 Å². The van der Waals surface area contributed by atoms with E-state index in [1.165, 1.54) is 16.6 Å². The Morgan fingerprint density at radius 2 is 1.65 bits per heavy atom. The van der Waals surface area contributed by atoms with Crippen LogP contribution in [0.5, 0.6) is 5.75 Å². The van der Waals surface area contributed by atoms with Crippen molar-refractivity contribution in [3.05, 3.63) is 76.8 Å². The van der Waals surface area contributed by atoms with Crippen LogP contribution in [-0.2, 0) is 6.18 Å². The fraction of sp³-hybridized carbons (Fsp3) is 0.308. The molecule has 1 saturated heterocycles. The van der Waals surface area contributed by atoms with Crippen LogP contribution in [0.2, 0.25) is 5.02 Å². The van der Waals surface area contributed by atoms with Crippen LogP contribution in [0, 0.1) is 12.7 Å². The number of halogens is 5. The number of anilines is 1. The summed E-state index contributed by atoms with van der Waals surface area (Å²) in [4.78, 5) is 8.65. The zero-order valence-corrected chi connectivity index (χ0v) is 20.7. The molecule has 0 spiro atoms. The van der Waals surface area contributed by atoms with Crippen LogP contribution in [0.3, 0.4) is 0 Å². The van der Waals surface area contributed by atoms with Gasteiger partial charge in [0.1, 0.15) is 24.0 Å². The first-order valence-corrected chi connectivity index (χ1v) is 12.2. The third-order valence-electron chi connectivity index (χ3n) is 6.29. The summed E-state index contributed by atoms with van der Waals surface area (Å²) in [6, 6.07) is 13.8. The minimum absolute atomic E-state index is 0.0905. The highest BCUT2D eigenvalue weighted by atomic mass is 35.5. The van der Waals surface area contributed by atoms with Crippen molar-refractivity contribution in [2.45, 2.75) is 13.1 Å². The maximum Gasteiger partial charge on any atom is 0.435 e. The number of piperazine rings is 1. The van der Waals surface area contributed by atoms with Crippen molar-refractivity contribution < 1.29 is 22.3 Å². The number of rotatable bonds is 6. The minimum Gasteiger partial charge on any atom is -0.492 e. The van der Waals surface area contributed by atoms with Crippen molar-refractivity contribution in [2.24, 2.45) is 0 Å². The molecule has 11 heteroatoms. The predicted octanol–water partition coefficient (Wildman–Crippen LogP) is 5.72. The van der Waals surface area contributed by atoms with E-state index in [1.807, 2.05) is 17.0 Å². The van der Waals surface area contributed by atoms with E-state index in [9.17, 15) is 17.6 Å². The van der Waals surface area contributed by atoms with E-state index in [0.717, 1.165) is 24.4 Å². The molecule has 194 valence electrons. The number of hydrogen-bond acceptors (Lipinski definition) is 5. The molecule has 2 aromatic heterocycles. The molecule has 0 bridgehead atoms. The normalized spacial score (nSPS) is 14.9. The van der Waals surface area contributed by atoms with Crippen molar-refractivity contribution in [2.75, 3.05) is 44.2 Å². The van der Waals surface area contributed by atoms with E-state index in [2.05, 4.69) is 15.0 Å². The lowest BCUT2D eigenvalue weighted by Gasteiger charge is -2.36. The van der Waals surface area contributed by atoms with Crippen molar-refractivity contribution in [3.63, 3.8) is 0 Å². The summed E-state index contributed by atoms with van der Waals surface area (Å²) in [5.41, 5.74) is -0.337. The van der Waals surface area contributed by atoms with Gasteiger partial charge >= 0.3 is 6.18 Å². The van der Waals surface area contributed by atoms with E-state index in [0.29, 0.717) is 49.3 Å². The van der Waals surface area contributed by atoms with Gasteiger partial charge in [0.15, 0.2) is 11.3 Å². The maximum atomic E-state index is 14.0. The SMILES string of the molecule is Cc1cc(N2CCN(CCOc3ccc(Cl)cc3)CC2)n2nc(C(F)(F)F)c(-c3ccc(F)cc3)c2n1. The Morgan fingerprint density at radius 1 is 0.973 bits per heavy atom. The van der Waals surface area contributed by atoms with Crippen molar-refractivity contribution in [1.82, 2.24) is 19.5 Å². The van der Waals surface area contributed by atoms with Gasteiger partial charge in [-0.1, -0.05) is 23.7 Å². The molecule has 37 heavy (non-hydrogen) atoms. The van der Waals surface area contributed by atoms with E-state index < -0.39 is 17.7 Å². The van der Waals surface area contributed by atoms with Gasteiger partial charge in [-0.05, 0) is 48.9 Å². The summed E-state index contributed by atoms with van der Waals surface area (Å²) >= 11 is 5.90. The van der Waals surface area contributed by atoms with E-state index in [-0.39, 0.29) is 16.8 Å². The molecule has 0 radical (unpaired) electrons. The van der Waals surface area contributed by atoms with Crippen LogP contribution in [0.15, 0.2) is 54.6 Å². The highest BCUT2D eigenvalue weighted by Crippen LogP contribution is 2.39. The molecule has 5 rings (SSSR count). The number of nitrogens with zero attached hydrogens (tertiary/aromatic N) is 5. The topological polar surface area (TPSA) is 45.9 Å². The predicted molar refractivity (Wildman–Crippen MR) is 134 cm³/mol. The lowest BCUT2D eigenvalue weighted by atomic mass is 10.1. The van der Waals surface area contributed by atoms with Gasteiger partial charge in [0.25, 0.3) is 0 Å². The van der Waals surface area contributed by atoms with E-state index in [1.54, 1.807) is 25.1 Å². The fourth-order valence-electron chi connectivity index (χ4n) is 4.45. The largest absolute Gasteiger partial charge is 0.492 e. The van der Waals surface area contributed by atoms with Gasteiger partial charge in [-0.15, -0.1) is 0 Å². The fourth-order valence-corrected chi connectivity index (χ4v) is 4.58. The Morgan fingerprint density at radius 3 is 2.30 bits per heavy atom. The lowest BCUT2D eigenvalue weighted by molar-refractivity contribution is -0.140. The van der Waals surface area contributed by atoms with E-state index >= 15 is 0 Å². The van der Waals surface area contributed by atoms with Crippen molar-refractivity contribution >= 4 is 23.1 Å². The highest BCUT2D eigenvalue weighted by Gasteiger charge is 2.39. The van der Waals surface area contributed by atoms with Crippen LogP contribution in [-0.4, -0.2) is 58.8 Å². The number of aryl methyl sites for hydroxylation is 1. The van der Waals surface area contributed by atoms with Crippen LogP contribution in [0.4, 0.5) is 23.4 Å². The molecule has 0 N–H and O–H groups in total. The molecule has 0 amide bonds. The zero-order valence-electron chi connectivity index (χ0n) is 20.0. The van der Waals surface area contributed by atoms with Crippen molar-refractivity contribution in [3.8, 4) is 16.9 Å². The second kappa shape index (κ2) is 10.2. The number of benzene rings is 2. The van der Waals surface area contributed by atoms with Gasteiger partial charge in [-0.3, -0.25) is 4.90 Å². The standard InChI is InChI=1S/C26H24ClF4N5O/c1-17-16-22(35-12-10-34(11-13-35)14-15-37-21-8-4-19(27)5-9-21)36-25(32-17)23(24(33-36)26(29,30)31)18-2-6-20(28)7-3-18/h2-9,16H,10-15H2,1H3. The molecular weight excluding hydrogens is 510 g/mol. The van der Waals surface area contributed by atoms with Gasteiger partial charge in [-0.25, -0.2) is 9.37 Å². The molecule has 0 aliphatic carbocycles. The second-order valence-electron chi connectivity index (χ2n) is 8.85. The molecule has 1 aliphatic heterocycles. The van der Waals surface area contributed by atoms with Gasteiger partial charge in [0, 0.05) is 49.5 Å². The smallest absolute Gasteiger partial charge is 0.435 e. The average molecular weight is 534 g/mol. The zero-order chi connectivity index (χ0) is 26.2. The maximum absolute atomic E-state index is 14.0. The first-order chi connectivity index (χ1) is 17.7. The summed E-state index contributed by atoms with van der Waals surface area (Å²) in [6.07, 6.45) is -4.70. The number of ether oxygens (including phenoxy) is 1. The van der Waals surface area contributed by atoms with Gasteiger partial charge in [-0.2, -0.15) is 22.8 Å². The van der Waals surface area contributed by atoms with Gasteiger partial charge < -0.3 is 9.64 Å². The summed E-state index contributed by atoms with van der Waals surface area (Å²) in [5.74, 6) is 0.752. The lowest BCUT2D eigenvalue weighted by Crippen LogP contribution is -2.48. The Labute approximate surface area is 216 Å². The van der Waals surface area contributed by atoms with Crippen molar-refractivity contribution in [1.29, 1.82) is 0 Å². The Balaban J connectivity index is 1.36. The number of alkyl halides is 3. The van der Waals surface area contributed by atoms with E-state index in [4.69, 9.17) is 16.3 Å². The third kappa shape index (κ3) is 5.50. The van der Waals surface area contributed by atoms with Crippen LogP contribution in [0.1, 0.15) is 11.4 Å². The monoisotopic (exact) mass is 533 g/mol. The first-order valence-electron chi connectivity index (χ1n) is 11.8. The minimum atomic E-state index is -4.70. The summed E-state index contributed by atoms with van der Waals surface area (Å²) in [7, 11) is 0. The molecule has 1 aliphatic rings. The Hall–Kier alpha value is -3.37. The molecule has 3 heterocycles. The van der Waals surface area contributed by atoms with Crippen LogP contribution >= 0.6 is 11.6 Å². The molecular formula is C26H24ClF4N5O. The average Bonchev–Trinajstić information content (AvgIpc) is 3.26. The molecule has 0 atom stereocenters. The molecule has 0 saturated carbocycles. The van der Waals surface area contributed by atoms with Gasteiger partial charge in [0.05, 0.1) is 5.56 Å². The Kier molecular flexibility index (Phi) is 6.96. The molecule has 4 aromatic rings. The molecule has 6 nitrogen and oxygen atoms in total. The Bertz CT molecular complexity index is 1380. The third-order valence-corrected chi connectivity index (χ3v) is 6.54. The molecule has 0 unspecified atom stereocenters. The summed E-state index contributed by atoms with van der Waals surface area (Å²) < 4.78 is 62.6. The molecule has 2 aromatic carbocycles. The second-order valence-corrected chi connectivity index (χ2v) is 9.29.